The van der Waals surface area contributed by atoms with Crippen LogP contribution in [0.4, 0.5) is 0 Å². The first-order valence-electron chi connectivity index (χ1n) is 13.3. The van der Waals surface area contributed by atoms with Gasteiger partial charge in [-0.2, -0.15) is 12.6 Å². The smallest absolute Gasteiger partial charge is 0.326 e. The Morgan fingerprint density at radius 2 is 1.46 bits per heavy atom. The molecule has 2 aromatic carbocycles. The Morgan fingerprint density at radius 1 is 0.878 bits per heavy atom. The number of aliphatic carboxylic acids is 1. The summed E-state index contributed by atoms with van der Waals surface area (Å²) < 4.78 is 0. The van der Waals surface area contributed by atoms with Crippen LogP contribution in [0.5, 0.6) is 5.75 Å². The van der Waals surface area contributed by atoms with Crippen LogP contribution in [0.1, 0.15) is 31.4 Å². The van der Waals surface area contributed by atoms with E-state index in [-0.39, 0.29) is 36.7 Å². The molecule has 41 heavy (non-hydrogen) atoms. The third-order valence-corrected chi connectivity index (χ3v) is 6.99. The van der Waals surface area contributed by atoms with Gasteiger partial charge in [0.2, 0.25) is 17.7 Å². The van der Waals surface area contributed by atoms with Crippen molar-refractivity contribution >= 4 is 47.2 Å². The molecule has 0 aliphatic heterocycles. The minimum atomic E-state index is -1.19. The summed E-state index contributed by atoms with van der Waals surface area (Å²) in [5, 5.41) is 28.1. The Labute approximate surface area is 243 Å². The zero-order valence-corrected chi connectivity index (χ0v) is 23.9. The van der Waals surface area contributed by atoms with Gasteiger partial charge in [0.25, 0.3) is 0 Å². The summed E-state index contributed by atoms with van der Waals surface area (Å²) >= 11 is 4.07. The summed E-state index contributed by atoms with van der Waals surface area (Å²) in [5.41, 5.74) is 8.09. The molecule has 0 bridgehead atoms. The number of phenolic OH excluding ortho intramolecular Hbond substituents is 1. The highest BCUT2D eigenvalue weighted by Crippen LogP contribution is 2.20. The Balaban J connectivity index is 1.89. The number of hydrogen-bond acceptors (Lipinski definition) is 7. The lowest BCUT2D eigenvalue weighted by atomic mass is 10.0. The van der Waals surface area contributed by atoms with Gasteiger partial charge in [-0.3, -0.25) is 14.4 Å². The molecule has 3 amide bonds. The van der Waals surface area contributed by atoms with Crippen molar-refractivity contribution in [2.45, 2.75) is 57.3 Å². The number of thiol groups is 1. The van der Waals surface area contributed by atoms with Gasteiger partial charge in [-0.05, 0) is 41.7 Å². The number of carboxylic acids is 1. The fraction of sp³-hybridized carbons (Fsp3) is 0.379. The van der Waals surface area contributed by atoms with Crippen LogP contribution in [-0.2, 0) is 32.0 Å². The lowest BCUT2D eigenvalue weighted by Gasteiger charge is -2.25. The van der Waals surface area contributed by atoms with Gasteiger partial charge < -0.3 is 36.9 Å². The summed E-state index contributed by atoms with van der Waals surface area (Å²) in [7, 11) is 0. The van der Waals surface area contributed by atoms with Crippen molar-refractivity contribution in [3.63, 3.8) is 0 Å². The molecule has 4 atom stereocenters. The van der Waals surface area contributed by atoms with Crippen LogP contribution in [0.2, 0.25) is 0 Å². The second kappa shape index (κ2) is 14.6. The van der Waals surface area contributed by atoms with Crippen LogP contribution < -0.4 is 21.7 Å². The third-order valence-electron chi connectivity index (χ3n) is 6.60. The van der Waals surface area contributed by atoms with E-state index in [0.29, 0.717) is 5.56 Å². The molecule has 0 aliphatic rings. The summed E-state index contributed by atoms with van der Waals surface area (Å²) in [6.07, 6.45) is 2.05. The molecule has 220 valence electrons. The molecule has 0 fully saturated rings. The molecule has 0 saturated carbocycles. The molecular formula is C29H37N5O6S. The van der Waals surface area contributed by atoms with E-state index in [9.17, 15) is 29.4 Å². The largest absolute Gasteiger partial charge is 0.508 e. The van der Waals surface area contributed by atoms with E-state index in [1.165, 1.54) is 12.1 Å². The van der Waals surface area contributed by atoms with E-state index in [0.717, 1.165) is 16.5 Å². The average molecular weight is 584 g/mol. The number of amides is 3. The first kappa shape index (κ1) is 31.5. The number of para-hydroxylation sites is 1. The molecular weight excluding hydrogens is 546 g/mol. The fourth-order valence-corrected chi connectivity index (χ4v) is 4.57. The number of hydrogen-bond donors (Lipinski definition) is 8. The second-order valence-corrected chi connectivity index (χ2v) is 10.7. The van der Waals surface area contributed by atoms with Crippen molar-refractivity contribution in [2.24, 2.45) is 11.7 Å². The van der Waals surface area contributed by atoms with Crippen LogP contribution >= 0.6 is 12.6 Å². The van der Waals surface area contributed by atoms with Gasteiger partial charge in [-0.25, -0.2) is 4.79 Å². The number of rotatable bonds is 14. The fourth-order valence-electron chi connectivity index (χ4n) is 4.41. The molecule has 11 nitrogen and oxygen atoms in total. The maximum absolute atomic E-state index is 13.7. The molecule has 3 aromatic rings. The number of aromatic nitrogens is 1. The quantitative estimate of drug-likeness (QED) is 0.132. The molecule has 0 spiro atoms. The third kappa shape index (κ3) is 8.98. The number of carbonyl (C=O) groups is 4. The molecule has 12 heteroatoms. The lowest BCUT2D eigenvalue weighted by molar-refractivity contribution is -0.142. The van der Waals surface area contributed by atoms with E-state index in [4.69, 9.17) is 5.73 Å². The molecule has 0 aliphatic carbocycles. The molecule has 4 unspecified atom stereocenters. The van der Waals surface area contributed by atoms with Crippen molar-refractivity contribution in [1.82, 2.24) is 20.9 Å². The number of nitrogens with two attached hydrogens (primary N) is 1. The van der Waals surface area contributed by atoms with Crippen molar-refractivity contribution in [3.05, 3.63) is 65.9 Å². The number of H-pyrrole nitrogens is 1. The Morgan fingerprint density at radius 3 is 2.07 bits per heavy atom. The first-order chi connectivity index (χ1) is 19.5. The summed E-state index contributed by atoms with van der Waals surface area (Å²) in [4.78, 5) is 54.7. The SMILES string of the molecule is CC(C)CC(NC(=O)C(Cc1ccc(O)cc1)NC(=O)C(Cc1c[nH]c2ccccc12)NC(=O)C(N)CS)C(=O)O. The van der Waals surface area contributed by atoms with E-state index >= 15 is 0 Å². The normalized spacial score (nSPS) is 14.2. The summed E-state index contributed by atoms with van der Waals surface area (Å²) in [6.45, 7) is 3.68. The number of aromatic amines is 1. The van der Waals surface area contributed by atoms with E-state index in [1.54, 1.807) is 18.3 Å². The topological polar surface area (TPSA) is 187 Å². The monoisotopic (exact) mass is 583 g/mol. The van der Waals surface area contributed by atoms with Gasteiger partial charge in [-0.1, -0.05) is 44.2 Å². The van der Waals surface area contributed by atoms with Gasteiger partial charge in [0.05, 0.1) is 6.04 Å². The molecule has 1 heterocycles. The maximum atomic E-state index is 13.7. The maximum Gasteiger partial charge on any atom is 0.326 e. The Hall–Kier alpha value is -4.03. The Kier molecular flexibility index (Phi) is 11.2. The van der Waals surface area contributed by atoms with Gasteiger partial charge >= 0.3 is 5.97 Å². The summed E-state index contributed by atoms with van der Waals surface area (Å²) in [5.74, 6) is -3.02. The molecule has 1 aromatic heterocycles. The van der Waals surface area contributed by atoms with Gasteiger partial charge in [0.1, 0.15) is 23.9 Å². The first-order valence-corrected chi connectivity index (χ1v) is 13.9. The molecule has 0 radical (unpaired) electrons. The van der Waals surface area contributed by atoms with Gasteiger partial charge in [-0.15, -0.1) is 0 Å². The number of carbonyl (C=O) groups excluding carboxylic acids is 3. The van der Waals surface area contributed by atoms with E-state index in [2.05, 4.69) is 33.6 Å². The molecule has 3 rings (SSSR count). The van der Waals surface area contributed by atoms with Crippen LogP contribution in [-0.4, -0.2) is 68.8 Å². The predicted molar refractivity (Wildman–Crippen MR) is 159 cm³/mol. The van der Waals surface area contributed by atoms with Gasteiger partial charge in [0.15, 0.2) is 0 Å². The predicted octanol–water partition coefficient (Wildman–Crippen LogP) is 1.50. The van der Waals surface area contributed by atoms with Crippen molar-refractivity contribution in [2.75, 3.05) is 5.75 Å². The minimum absolute atomic E-state index is 0.00616. The van der Waals surface area contributed by atoms with Crippen LogP contribution in [0, 0.1) is 5.92 Å². The zero-order chi connectivity index (χ0) is 30.1. The highest BCUT2D eigenvalue weighted by molar-refractivity contribution is 7.80. The highest BCUT2D eigenvalue weighted by Gasteiger charge is 2.31. The number of phenols is 1. The molecule has 0 saturated heterocycles. The van der Waals surface area contributed by atoms with Crippen molar-refractivity contribution < 1.29 is 29.4 Å². The number of nitrogens with one attached hydrogen (secondary N) is 4. The summed E-state index contributed by atoms with van der Waals surface area (Å²) in [6, 6.07) is 9.20. The number of benzene rings is 2. The number of aromatic hydroxyl groups is 1. The van der Waals surface area contributed by atoms with Gasteiger partial charge in [0, 0.05) is 35.7 Å². The average Bonchev–Trinajstić information content (AvgIpc) is 3.34. The van der Waals surface area contributed by atoms with Crippen molar-refractivity contribution in [3.8, 4) is 5.75 Å². The van der Waals surface area contributed by atoms with E-state index in [1.807, 2.05) is 38.1 Å². The van der Waals surface area contributed by atoms with Crippen LogP contribution in [0.25, 0.3) is 10.9 Å². The Bertz CT molecular complexity index is 1360. The number of carboxylic acid groups (broad SMARTS) is 1. The standard InChI is InChI=1S/C29H37N5O6S/c1-16(2)11-25(29(39)40)34-27(37)23(12-17-7-9-19(35)10-8-17)33-28(38)24(32-26(36)21(30)15-41)13-18-14-31-22-6-4-3-5-20(18)22/h3-10,14,16,21,23-25,31,35,41H,11-13,15,30H2,1-2H3,(H,32,36)(H,33,38)(H,34,37)(H,39,40). The second-order valence-electron chi connectivity index (χ2n) is 10.4. The highest BCUT2D eigenvalue weighted by atomic mass is 32.1. The van der Waals surface area contributed by atoms with Crippen molar-refractivity contribution in [1.29, 1.82) is 0 Å². The minimum Gasteiger partial charge on any atom is -0.508 e. The van der Waals surface area contributed by atoms with Crippen LogP contribution in [0.15, 0.2) is 54.7 Å². The molecule has 8 N–H and O–H groups in total. The van der Waals surface area contributed by atoms with E-state index < -0.39 is 47.9 Å². The number of fused-ring (bicyclic) bond motifs is 1. The lowest BCUT2D eigenvalue weighted by Crippen LogP contribution is -2.58. The van der Waals surface area contributed by atoms with Crippen LogP contribution in [0.3, 0.4) is 0 Å². The zero-order valence-electron chi connectivity index (χ0n) is 23.0.